The molecule has 4 rings (SSSR count). The van der Waals surface area contributed by atoms with E-state index in [-0.39, 0.29) is 12.6 Å². The van der Waals surface area contributed by atoms with E-state index in [2.05, 4.69) is 22.0 Å². The first-order chi connectivity index (χ1) is 14.9. The molecular weight excluding hydrogens is 405 g/mol. The van der Waals surface area contributed by atoms with Crippen LogP contribution < -0.4 is 4.74 Å². The summed E-state index contributed by atoms with van der Waals surface area (Å²) in [4.78, 5) is 6.43. The Morgan fingerprint density at radius 2 is 1.77 bits per heavy atom. The number of fused-ring (bicyclic) bond motifs is 1. The lowest BCUT2D eigenvalue weighted by molar-refractivity contribution is -0.137. The summed E-state index contributed by atoms with van der Waals surface area (Å²) in [5, 5.41) is 10.6. The van der Waals surface area contributed by atoms with Crippen molar-refractivity contribution in [2.75, 3.05) is 13.2 Å². The third-order valence-electron chi connectivity index (χ3n) is 5.48. The van der Waals surface area contributed by atoms with Crippen molar-refractivity contribution in [1.29, 1.82) is 0 Å². The third kappa shape index (κ3) is 5.24. The Morgan fingerprint density at radius 3 is 2.45 bits per heavy atom. The van der Waals surface area contributed by atoms with Gasteiger partial charge >= 0.3 is 6.18 Å². The van der Waals surface area contributed by atoms with Crippen molar-refractivity contribution >= 4 is 0 Å². The highest BCUT2D eigenvalue weighted by atomic mass is 19.4. The number of alkyl halides is 3. The molecule has 0 spiro atoms. The van der Waals surface area contributed by atoms with Gasteiger partial charge < -0.3 is 9.84 Å². The van der Waals surface area contributed by atoms with Gasteiger partial charge in [0.2, 0.25) is 0 Å². The van der Waals surface area contributed by atoms with E-state index in [1.54, 1.807) is 6.20 Å². The number of aliphatic hydroxyl groups excluding tert-OH is 1. The number of hydrogen-bond donors (Lipinski definition) is 1. The minimum absolute atomic E-state index is 0.0106. The minimum atomic E-state index is -4.39. The molecule has 2 aromatic carbocycles. The second-order valence-corrected chi connectivity index (χ2v) is 7.69. The summed E-state index contributed by atoms with van der Waals surface area (Å²) in [5.41, 5.74) is 2.85. The minimum Gasteiger partial charge on any atom is -0.491 e. The highest BCUT2D eigenvalue weighted by Gasteiger charge is 2.30. The van der Waals surface area contributed by atoms with E-state index in [1.807, 2.05) is 30.5 Å². The van der Waals surface area contributed by atoms with Crippen LogP contribution in [0.15, 0.2) is 73.1 Å². The average molecular weight is 428 g/mol. The quantitative estimate of drug-likeness (QED) is 0.621. The predicted octanol–water partition coefficient (Wildman–Crippen LogP) is 4.64. The molecule has 0 radical (unpaired) electrons. The van der Waals surface area contributed by atoms with E-state index >= 15 is 0 Å². The number of hydrogen-bond acceptors (Lipinski definition) is 4. The molecule has 0 saturated heterocycles. The van der Waals surface area contributed by atoms with Crippen LogP contribution in [0.2, 0.25) is 0 Å². The molecular formula is C24H23F3N2O2. The summed E-state index contributed by atoms with van der Waals surface area (Å²) in [5.74, 6) is 0.292. The van der Waals surface area contributed by atoms with Crippen LogP contribution in [0.4, 0.5) is 13.2 Å². The number of aliphatic hydroxyl groups is 1. The van der Waals surface area contributed by atoms with Gasteiger partial charge in [-0.05, 0) is 53.4 Å². The number of pyridine rings is 1. The summed E-state index contributed by atoms with van der Waals surface area (Å²) < 4.78 is 43.6. The van der Waals surface area contributed by atoms with E-state index in [0.717, 1.165) is 24.1 Å². The highest BCUT2D eigenvalue weighted by Crippen LogP contribution is 2.33. The lowest BCUT2D eigenvalue weighted by Crippen LogP contribution is -2.41. The molecule has 3 aromatic rings. The van der Waals surface area contributed by atoms with Crippen molar-refractivity contribution in [3.63, 3.8) is 0 Å². The van der Waals surface area contributed by atoms with Crippen LogP contribution in [0, 0.1) is 0 Å². The first-order valence-electron chi connectivity index (χ1n) is 10.1. The van der Waals surface area contributed by atoms with E-state index in [9.17, 15) is 18.3 Å². The van der Waals surface area contributed by atoms with Crippen LogP contribution >= 0.6 is 0 Å². The molecule has 2 heterocycles. The zero-order valence-electron chi connectivity index (χ0n) is 16.8. The number of benzene rings is 2. The molecule has 1 unspecified atom stereocenters. The Kier molecular flexibility index (Phi) is 6.25. The summed E-state index contributed by atoms with van der Waals surface area (Å²) in [7, 11) is 0. The normalized spacial score (nSPS) is 17.7. The lowest BCUT2D eigenvalue weighted by Gasteiger charge is -2.38. The average Bonchev–Trinajstić information content (AvgIpc) is 2.77. The van der Waals surface area contributed by atoms with Crippen molar-refractivity contribution < 1.29 is 23.0 Å². The lowest BCUT2D eigenvalue weighted by atomic mass is 9.90. The molecule has 0 saturated carbocycles. The van der Waals surface area contributed by atoms with Crippen LogP contribution in [-0.4, -0.2) is 34.2 Å². The number of β-amino-alcohol motifs (C(OH)–C–C–N with tert-alkyl or cyclic N) is 1. The fourth-order valence-corrected chi connectivity index (χ4v) is 3.93. The predicted molar refractivity (Wildman–Crippen MR) is 110 cm³/mol. The molecule has 162 valence electrons. The highest BCUT2D eigenvalue weighted by molar-refractivity contribution is 5.33. The van der Waals surface area contributed by atoms with Gasteiger partial charge in [-0.1, -0.05) is 30.3 Å². The Bertz CT molecular complexity index is 994. The maximum Gasteiger partial charge on any atom is 0.416 e. The SMILES string of the molecule is OC(COc1ccc(C(F)(F)F)cc1)CN1Cc2ccccc2C[C@H]1c1cccnc1. The Balaban J connectivity index is 1.42. The monoisotopic (exact) mass is 428 g/mol. The van der Waals surface area contributed by atoms with Gasteiger partial charge in [-0.3, -0.25) is 9.88 Å². The zero-order chi connectivity index (χ0) is 21.8. The maximum atomic E-state index is 12.7. The van der Waals surface area contributed by atoms with Crippen molar-refractivity contribution in [2.45, 2.75) is 31.3 Å². The van der Waals surface area contributed by atoms with Gasteiger partial charge in [0.15, 0.2) is 0 Å². The van der Waals surface area contributed by atoms with Gasteiger partial charge in [0, 0.05) is 31.5 Å². The Hall–Kier alpha value is -2.90. The van der Waals surface area contributed by atoms with Crippen molar-refractivity contribution in [3.05, 3.63) is 95.3 Å². The molecule has 31 heavy (non-hydrogen) atoms. The number of rotatable bonds is 6. The van der Waals surface area contributed by atoms with Crippen LogP contribution in [0.25, 0.3) is 0 Å². The molecule has 0 aliphatic carbocycles. The number of aromatic nitrogens is 1. The Morgan fingerprint density at radius 1 is 1.03 bits per heavy atom. The number of nitrogens with zero attached hydrogens (tertiary/aromatic N) is 2. The van der Waals surface area contributed by atoms with Gasteiger partial charge in [0.05, 0.1) is 5.56 Å². The van der Waals surface area contributed by atoms with Crippen LogP contribution in [0.5, 0.6) is 5.75 Å². The van der Waals surface area contributed by atoms with Gasteiger partial charge in [-0.2, -0.15) is 13.2 Å². The molecule has 0 amide bonds. The smallest absolute Gasteiger partial charge is 0.416 e. The second kappa shape index (κ2) is 9.08. The van der Waals surface area contributed by atoms with Crippen molar-refractivity contribution in [1.82, 2.24) is 9.88 Å². The third-order valence-corrected chi connectivity index (χ3v) is 5.48. The van der Waals surface area contributed by atoms with Crippen LogP contribution in [0.1, 0.15) is 28.3 Å². The summed E-state index contributed by atoms with van der Waals surface area (Å²) >= 11 is 0. The Labute approximate surface area is 178 Å². The first-order valence-corrected chi connectivity index (χ1v) is 10.1. The van der Waals surface area contributed by atoms with E-state index < -0.39 is 17.8 Å². The van der Waals surface area contributed by atoms with Gasteiger partial charge in [-0.15, -0.1) is 0 Å². The summed E-state index contributed by atoms with van der Waals surface area (Å²) in [6.45, 7) is 1.05. The topological polar surface area (TPSA) is 45.6 Å². The largest absolute Gasteiger partial charge is 0.491 e. The molecule has 4 nitrogen and oxygen atoms in total. The molecule has 2 atom stereocenters. The van der Waals surface area contributed by atoms with Crippen molar-refractivity contribution in [3.8, 4) is 5.75 Å². The van der Waals surface area contributed by atoms with Crippen molar-refractivity contribution in [2.24, 2.45) is 0 Å². The zero-order valence-corrected chi connectivity index (χ0v) is 16.8. The van der Waals surface area contributed by atoms with E-state index in [4.69, 9.17) is 4.74 Å². The molecule has 0 bridgehead atoms. The molecule has 1 aliphatic heterocycles. The van der Waals surface area contributed by atoms with E-state index in [0.29, 0.717) is 18.8 Å². The van der Waals surface area contributed by atoms with E-state index in [1.165, 1.54) is 23.3 Å². The second-order valence-electron chi connectivity index (χ2n) is 7.69. The van der Waals surface area contributed by atoms with Crippen LogP contribution in [0.3, 0.4) is 0 Å². The fourth-order valence-electron chi connectivity index (χ4n) is 3.93. The fraction of sp³-hybridized carbons (Fsp3) is 0.292. The van der Waals surface area contributed by atoms with Crippen LogP contribution in [-0.2, 0) is 19.1 Å². The molecule has 7 heteroatoms. The van der Waals surface area contributed by atoms with Gasteiger partial charge in [0.1, 0.15) is 18.5 Å². The van der Waals surface area contributed by atoms with Gasteiger partial charge in [0.25, 0.3) is 0 Å². The standard InChI is InChI=1S/C24H23F3N2O2/c25-24(26,27)20-7-9-22(10-8-20)31-16-21(30)15-29-14-19-5-2-1-4-17(19)12-23(29)18-6-3-11-28-13-18/h1-11,13,21,23,30H,12,14-16H2/t21?,23-/m0/s1. The maximum absolute atomic E-state index is 12.7. The number of halogens is 3. The first kappa shape index (κ1) is 21.3. The summed E-state index contributed by atoms with van der Waals surface area (Å²) in [6, 6.07) is 16.7. The summed E-state index contributed by atoms with van der Waals surface area (Å²) in [6.07, 6.45) is -0.793. The molecule has 0 fully saturated rings. The number of ether oxygens (including phenoxy) is 1. The molecule has 1 aliphatic rings. The van der Waals surface area contributed by atoms with Gasteiger partial charge in [-0.25, -0.2) is 0 Å². The molecule has 1 aromatic heterocycles. The molecule has 1 N–H and O–H groups in total.